The van der Waals surface area contributed by atoms with E-state index in [1.807, 2.05) is 0 Å². The number of rotatable bonds is 5. The third-order valence-corrected chi connectivity index (χ3v) is 6.65. The summed E-state index contributed by atoms with van der Waals surface area (Å²) in [7, 11) is 1.06. The maximum atomic E-state index is 13.5. The van der Waals surface area contributed by atoms with Crippen molar-refractivity contribution in [3.63, 3.8) is 0 Å². The number of carbonyl (C=O) groups excluding carboxylic acids is 2. The zero-order valence-corrected chi connectivity index (χ0v) is 21.7. The van der Waals surface area contributed by atoms with Gasteiger partial charge in [-0.15, -0.1) is 0 Å². The van der Waals surface area contributed by atoms with Crippen LogP contribution in [0.2, 0.25) is 0 Å². The molecule has 0 fully saturated rings. The maximum Gasteiger partial charge on any atom is 0.533 e. The third-order valence-electron chi connectivity index (χ3n) is 6.65. The van der Waals surface area contributed by atoms with E-state index in [4.69, 9.17) is 19.0 Å². The minimum Gasteiger partial charge on any atom is -0.453 e. The highest BCUT2D eigenvalue weighted by Gasteiger charge is 2.41. The molecule has 218 valence electrons. The summed E-state index contributed by atoms with van der Waals surface area (Å²) in [6.45, 7) is 3.25. The van der Waals surface area contributed by atoms with Crippen LogP contribution in [0.15, 0.2) is 30.3 Å². The van der Waals surface area contributed by atoms with Crippen LogP contribution in [0.25, 0.3) is 0 Å². The molecule has 0 bridgehead atoms. The fraction of sp³-hybridized carbons (Fsp3) is 0.462. The molecule has 0 aliphatic carbocycles. The number of amides is 1. The summed E-state index contributed by atoms with van der Waals surface area (Å²) < 4.78 is 96.2. The van der Waals surface area contributed by atoms with Crippen molar-refractivity contribution in [2.45, 2.75) is 64.5 Å². The number of benzene rings is 2. The van der Waals surface area contributed by atoms with Crippen molar-refractivity contribution in [1.82, 2.24) is 4.90 Å². The van der Waals surface area contributed by atoms with Crippen LogP contribution >= 0.6 is 0 Å². The molecule has 8 nitrogen and oxygen atoms in total. The van der Waals surface area contributed by atoms with Gasteiger partial charge in [-0.3, -0.25) is 4.90 Å². The van der Waals surface area contributed by atoms with Gasteiger partial charge in [0.15, 0.2) is 0 Å². The molecule has 0 radical (unpaired) electrons. The number of ether oxygens (including phenoxy) is 3. The molecule has 0 aromatic heterocycles. The number of carbonyl (C=O) groups is 2. The number of hydrogen-bond acceptors (Lipinski definition) is 7. The molecule has 2 aliphatic heterocycles. The van der Waals surface area contributed by atoms with Crippen molar-refractivity contribution in [2.24, 2.45) is 0 Å². The number of hydrogen-bond donors (Lipinski definition) is 0. The molecule has 14 heteroatoms. The molecule has 0 N–H and O–H groups in total. The zero-order chi connectivity index (χ0) is 29.4. The summed E-state index contributed by atoms with van der Waals surface area (Å²) in [6.07, 6.45) is -12.0. The second-order valence-electron chi connectivity index (χ2n) is 9.39. The zero-order valence-electron chi connectivity index (χ0n) is 21.7. The summed E-state index contributed by atoms with van der Waals surface area (Å²) in [5.74, 6) is 0. The van der Waals surface area contributed by atoms with E-state index in [1.54, 1.807) is 26.0 Å². The second-order valence-corrected chi connectivity index (χ2v) is 9.39. The van der Waals surface area contributed by atoms with E-state index in [0.29, 0.717) is 23.4 Å². The van der Waals surface area contributed by atoms with Gasteiger partial charge < -0.3 is 19.0 Å². The van der Waals surface area contributed by atoms with E-state index in [1.165, 1.54) is 5.06 Å². The Labute approximate surface area is 225 Å². The van der Waals surface area contributed by atoms with Crippen molar-refractivity contribution in [1.29, 1.82) is 0 Å². The predicted octanol–water partition coefficient (Wildman–Crippen LogP) is 6.75. The van der Waals surface area contributed by atoms with Gasteiger partial charge in [0.05, 0.1) is 55.8 Å². The Hall–Kier alpha value is -3.68. The van der Waals surface area contributed by atoms with Crippen molar-refractivity contribution in [3.05, 3.63) is 63.7 Å². The highest BCUT2D eigenvalue weighted by atomic mass is 19.4. The van der Waals surface area contributed by atoms with Crippen LogP contribution in [-0.4, -0.2) is 36.9 Å². The average molecular weight is 576 g/mol. The molecule has 0 unspecified atom stereocenters. The number of methoxy groups -OCH3 is 1. The molecule has 40 heavy (non-hydrogen) atoms. The predicted molar refractivity (Wildman–Crippen MR) is 127 cm³/mol. The molecular weight excluding hydrogens is 550 g/mol. The number of fused-ring (bicyclic) bond motifs is 2. The van der Waals surface area contributed by atoms with Crippen LogP contribution in [0.5, 0.6) is 0 Å². The Balaban J connectivity index is 1.80. The molecule has 0 spiro atoms. The van der Waals surface area contributed by atoms with E-state index in [-0.39, 0.29) is 32.3 Å². The van der Waals surface area contributed by atoms with Gasteiger partial charge in [-0.2, -0.15) is 26.3 Å². The minimum absolute atomic E-state index is 0.0257. The lowest BCUT2D eigenvalue weighted by molar-refractivity contribution is -0.143. The van der Waals surface area contributed by atoms with Crippen LogP contribution in [0.1, 0.15) is 59.7 Å². The molecule has 1 amide bonds. The standard InChI is InChI=1S/C26H26F6N2O6/c1-4-39-24(36)40-34-14(2)5-21(20-8-16-12-38-13-17(16)9-22(20)34)33(23(35)37-3)11-15-6-18(25(27,28)29)10-19(7-15)26(30,31)32/h6-10,14,21H,4-5,11-13H2,1-3H3/t14-,21+/m1/s1. The van der Waals surface area contributed by atoms with E-state index in [0.717, 1.165) is 23.1 Å². The molecule has 2 aliphatic rings. The van der Waals surface area contributed by atoms with E-state index in [2.05, 4.69) is 0 Å². The number of halogens is 6. The number of hydroxylamine groups is 1. The van der Waals surface area contributed by atoms with Gasteiger partial charge in [-0.1, -0.05) is 0 Å². The molecule has 2 aromatic carbocycles. The molecular formula is C26H26F6N2O6. The molecule has 0 saturated carbocycles. The summed E-state index contributed by atoms with van der Waals surface area (Å²) in [5.41, 5.74) is -1.00. The molecule has 2 atom stereocenters. The monoisotopic (exact) mass is 576 g/mol. The van der Waals surface area contributed by atoms with Gasteiger partial charge in [0.2, 0.25) is 0 Å². The summed E-state index contributed by atoms with van der Waals surface area (Å²) in [5, 5.41) is 1.31. The highest BCUT2D eigenvalue weighted by molar-refractivity contribution is 5.71. The quantitative estimate of drug-likeness (QED) is 0.288. The van der Waals surface area contributed by atoms with Crippen LogP contribution in [0, 0.1) is 0 Å². The molecule has 0 saturated heterocycles. The van der Waals surface area contributed by atoms with E-state index in [9.17, 15) is 35.9 Å². The topological polar surface area (TPSA) is 77.5 Å². The summed E-state index contributed by atoms with van der Waals surface area (Å²) in [4.78, 5) is 31.6. The average Bonchev–Trinajstić information content (AvgIpc) is 3.34. The van der Waals surface area contributed by atoms with Crippen molar-refractivity contribution >= 4 is 17.9 Å². The Kier molecular flexibility index (Phi) is 8.11. The number of alkyl halides is 6. The Morgan fingerprint density at radius 1 is 1.00 bits per heavy atom. The largest absolute Gasteiger partial charge is 0.533 e. The van der Waals surface area contributed by atoms with Gasteiger partial charge >= 0.3 is 24.6 Å². The van der Waals surface area contributed by atoms with Crippen LogP contribution < -0.4 is 5.06 Å². The van der Waals surface area contributed by atoms with Crippen molar-refractivity contribution < 1.29 is 55.0 Å². The van der Waals surface area contributed by atoms with Gasteiger partial charge in [0, 0.05) is 12.1 Å². The first-order chi connectivity index (χ1) is 18.7. The highest BCUT2D eigenvalue weighted by Crippen LogP contribution is 2.44. The summed E-state index contributed by atoms with van der Waals surface area (Å²) >= 11 is 0. The van der Waals surface area contributed by atoms with Gasteiger partial charge in [0.25, 0.3) is 0 Å². The normalized spacial score (nSPS) is 18.6. The maximum absolute atomic E-state index is 13.5. The SMILES string of the molecule is CCOC(=O)ON1c2cc3c(cc2[C@@H](N(Cc2cc(C(F)(F)F)cc(C(F)(F)F)c2)C(=O)OC)C[C@H]1C)COC3. The van der Waals surface area contributed by atoms with Crippen molar-refractivity contribution in [3.8, 4) is 0 Å². The van der Waals surface area contributed by atoms with Crippen LogP contribution in [0.4, 0.5) is 41.6 Å². The van der Waals surface area contributed by atoms with E-state index < -0.39 is 59.9 Å². The second kappa shape index (κ2) is 11.1. The third kappa shape index (κ3) is 6.06. The minimum atomic E-state index is -5.05. The fourth-order valence-corrected chi connectivity index (χ4v) is 4.86. The first-order valence-electron chi connectivity index (χ1n) is 12.2. The number of nitrogens with zero attached hydrogens (tertiary/aromatic N) is 2. The number of anilines is 1. The first-order valence-corrected chi connectivity index (χ1v) is 12.2. The van der Waals surface area contributed by atoms with Crippen LogP contribution in [0.3, 0.4) is 0 Å². The molecule has 2 aromatic rings. The van der Waals surface area contributed by atoms with Gasteiger partial charge in [0.1, 0.15) is 0 Å². The van der Waals surface area contributed by atoms with E-state index >= 15 is 0 Å². The lowest BCUT2D eigenvalue weighted by Crippen LogP contribution is -2.46. The summed E-state index contributed by atoms with van der Waals surface area (Å²) in [6, 6.07) is 3.16. The lowest BCUT2D eigenvalue weighted by Gasteiger charge is -2.42. The smallest absolute Gasteiger partial charge is 0.453 e. The van der Waals surface area contributed by atoms with Gasteiger partial charge in [-0.25, -0.2) is 14.7 Å². The van der Waals surface area contributed by atoms with Crippen molar-refractivity contribution in [2.75, 3.05) is 18.8 Å². The fourth-order valence-electron chi connectivity index (χ4n) is 4.86. The van der Waals surface area contributed by atoms with Gasteiger partial charge in [-0.05, 0) is 67.3 Å². The Morgan fingerprint density at radius 2 is 1.60 bits per heavy atom. The Bertz CT molecular complexity index is 1250. The van der Waals surface area contributed by atoms with Crippen LogP contribution in [-0.2, 0) is 51.2 Å². The lowest BCUT2D eigenvalue weighted by atomic mass is 9.89. The Morgan fingerprint density at radius 3 is 2.15 bits per heavy atom. The molecule has 4 rings (SSSR count). The first kappa shape index (κ1) is 29.3. The molecule has 2 heterocycles.